The summed E-state index contributed by atoms with van der Waals surface area (Å²) in [6.45, 7) is 3.02. The second-order valence-corrected chi connectivity index (χ2v) is 8.23. The van der Waals surface area contributed by atoms with E-state index in [9.17, 15) is 4.79 Å². The predicted octanol–water partition coefficient (Wildman–Crippen LogP) is 4.56. The van der Waals surface area contributed by atoms with Gasteiger partial charge in [-0.2, -0.15) is 5.10 Å². The predicted molar refractivity (Wildman–Crippen MR) is 111 cm³/mol. The third-order valence-corrected chi connectivity index (χ3v) is 6.61. The van der Waals surface area contributed by atoms with Gasteiger partial charge in [0.05, 0.1) is 25.2 Å². The van der Waals surface area contributed by atoms with Crippen LogP contribution in [0.5, 0.6) is 0 Å². The summed E-state index contributed by atoms with van der Waals surface area (Å²) < 4.78 is 2.55. The number of benzene rings is 1. The monoisotopic (exact) mass is 372 g/mol. The summed E-state index contributed by atoms with van der Waals surface area (Å²) in [5.74, 6) is 1.10. The summed E-state index contributed by atoms with van der Waals surface area (Å²) in [5.41, 5.74) is 4.04. The molecule has 2 bridgehead atoms. The third kappa shape index (κ3) is 2.98. The number of nitrogens with zero attached hydrogens (tertiary/aromatic N) is 3. The first-order chi connectivity index (χ1) is 13.8. The van der Waals surface area contributed by atoms with Gasteiger partial charge in [-0.1, -0.05) is 36.4 Å². The minimum absolute atomic E-state index is 0.259. The minimum Gasteiger partial charge on any atom is -0.257 e. The molecule has 2 aromatic heterocycles. The molecule has 0 radical (unpaired) electrons. The van der Waals surface area contributed by atoms with Crippen LogP contribution in [-0.4, -0.2) is 39.6 Å². The fourth-order valence-corrected chi connectivity index (χ4v) is 4.95. The highest BCUT2D eigenvalue weighted by molar-refractivity contribution is 5.92. The van der Waals surface area contributed by atoms with E-state index in [0.29, 0.717) is 4.48 Å². The topological polar surface area (TPSA) is 34.4 Å². The first-order valence-corrected chi connectivity index (χ1v) is 10.4. The zero-order valence-corrected chi connectivity index (χ0v) is 16.1. The Balaban J connectivity index is 1.53. The Labute approximate surface area is 165 Å². The van der Waals surface area contributed by atoms with Crippen molar-refractivity contribution in [2.24, 2.45) is 5.92 Å². The average Bonchev–Trinajstić information content (AvgIpc) is 2.87. The molecule has 0 atom stereocenters. The maximum Gasteiger partial charge on any atom is 0.338 e. The van der Waals surface area contributed by atoms with Gasteiger partial charge >= 0.3 is 5.91 Å². The molecule has 0 unspecified atom stereocenters. The highest BCUT2D eigenvalue weighted by Crippen LogP contribution is 2.33. The Bertz CT molecular complexity index is 1020. The molecule has 0 spiro atoms. The lowest BCUT2D eigenvalue weighted by Crippen LogP contribution is -2.55. The van der Waals surface area contributed by atoms with E-state index in [0.717, 1.165) is 47.9 Å². The lowest BCUT2D eigenvalue weighted by atomic mass is 9.94. The van der Waals surface area contributed by atoms with Crippen LogP contribution in [0.25, 0.3) is 22.9 Å². The smallest absolute Gasteiger partial charge is 0.257 e. The van der Waals surface area contributed by atoms with Crippen molar-refractivity contribution >= 4 is 17.5 Å². The number of quaternary nitrogens is 1. The first kappa shape index (κ1) is 17.4. The number of pyridine rings is 1. The maximum absolute atomic E-state index is 13.3. The highest BCUT2D eigenvalue weighted by Gasteiger charge is 2.41. The van der Waals surface area contributed by atoms with Crippen LogP contribution in [0.2, 0.25) is 0 Å². The number of amides is 1. The molecule has 3 aromatic rings. The lowest BCUT2D eigenvalue weighted by Gasteiger charge is -2.37. The van der Waals surface area contributed by atoms with Crippen LogP contribution in [0.1, 0.15) is 31.2 Å². The van der Waals surface area contributed by atoms with E-state index in [-0.39, 0.29) is 5.91 Å². The largest absolute Gasteiger partial charge is 0.338 e. The van der Waals surface area contributed by atoms with Crippen LogP contribution < -0.4 is 0 Å². The molecule has 3 aliphatic heterocycles. The molecule has 3 saturated heterocycles. The van der Waals surface area contributed by atoms with Crippen molar-refractivity contribution in [2.45, 2.75) is 25.7 Å². The fraction of sp³-hybridized carbons (Fsp3) is 0.333. The van der Waals surface area contributed by atoms with Crippen LogP contribution in [-0.2, 0) is 4.79 Å². The van der Waals surface area contributed by atoms with Crippen molar-refractivity contribution in [3.05, 3.63) is 66.4 Å². The van der Waals surface area contributed by atoms with Gasteiger partial charge in [-0.25, -0.2) is 9.31 Å². The maximum atomic E-state index is 13.3. The number of fused-ring (bicyclic) bond motifs is 5. The first-order valence-electron chi connectivity index (χ1n) is 10.4. The van der Waals surface area contributed by atoms with Gasteiger partial charge < -0.3 is 0 Å². The molecule has 6 rings (SSSR count). The standard InChI is InChI=1S/C24H26N3O/c28-23(27-16-6-7-19(13-17-27)14-18-27)12-11-21-22-10-4-5-15-26(22)25-24(21)20-8-2-1-3-9-20/h1-5,8-12,15,19H,6-7,13-14,16-18H2/q+1. The quantitative estimate of drug-likeness (QED) is 0.499. The Morgan fingerprint density at radius 3 is 2.61 bits per heavy atom. The summed E-state index contributed by atoms with van der Waals surface area (Å²) in [6, 6.07) is 16.3. The summed E-state index contributed by atoms with van der Waals surface area (Å²) in [6.07, 6.45) is 10.7. The van der Waals surface area contributed by atoms with Gasteiger partial charge in [0.1, 0.15) is 5.69 Å². The van der Waals surface area contributed by atoms with E-state index < -0.39 is 0 Å². The molecular weight excluding hydrogens is 346 g/mol. The molecule has 4 heteroatoms. The van der Waals surface area contributed by atoms with Crippen LogP contribution in [0.15, 0.2) is 60.8 Å². The van der Waals surface area contributed by atoms with E-state index in [1.165, 1.54) is 25.7 Å². The molecule has 142 valence electrons. The van der Waals surface area contributed by atoms with Gasteiger partial charge in [-0.05, 0) is 37.0 Å². The van der Waals surface area contributed by atoms with E-state index in [2.05, 4.69) is 18.2 Å². The van der Waals surface area contributed by atoms with Crippen LogP contribution in [0, 0.1) is 5.92 Å². The van der Waals surface area contributed by atoms with E-state index in [1.54, 1.807) is 0 Å². The molecule has 3 fully saturated rings. The van der Waals surface area contributed by atoms with Crippen LogP contribution in [0.3, 0.4) is 0 Å². The molecule has 4 nitrogen and oxygen atoms in total. The number of aromatic nitrogens is 2. The number of carbonyl (C=O) groups is 1. The van der Waals surface area contributed by atoms with Gasteiger partial charge in [0, 0.05) is 36.2 Å². The number of hydrogen-bond acceptors (Lipinski definition) is 2. The molecular formula is C24H26N3O+. The van der Waals surface area contributed by atoms with Crippen molar-refractivity contribution < 1.29 is 9.28 Å². The van der Waals surface area contributed by atoms with Gasteiger partial charge in [0.2, 0.25) is 0 Å². The van der Waals surface area contributed by atoms with Crippen molar-refractivity contribution in [3.63, 3.8) is 0 Å². The Hall–Kier alpha value is -2.72. The number of piperidine rings is 1. The van der Waals surface area contributed by atoms with Crippen molar-refractivity contribution in [1.29, 1.82) is 0 Å². The van der Waals surface area contributed by atoms with E-state index >= 15 is 0 Å². The summed E-state index contributed by atoms with van der Waals surface area (Å²) >= 11 is 0. The molecule has 28 heavy (non-hydrogen) atoms. The summed E-state index contributed by atoms with van der Waals surface area (Å²) in [5, 5.41) is 4.78. The second kappa shape index (κ2) is 7.02. The normalized spacial score (nSPS) is 24.6. The van der Waals surface area contributed by atoms with Gasteiger partial charge in [-0.3, -0.25) is 4.48 Å². The Morgan fingerprint density at radius 1 is 1.00 bits per heavy atom. The van der Waals surface area contributed by atoms with Crippen LogP contribution >= 0.6 is 0 Å². The highest BCUT2D eigenvalue weighted by atomic mass is 16.2. The molecule has 0 saturated carbocycles. The third-order valence-electron chi connectivity index (χ3n) is 6.61. The number of carbonyl (C=O) groups excluding carboxylic acids is 1. The molecule has 3 aliphatic rings. The summed E-state index contributed by atoms with van der Waals surface area (Å²) in [7, 11) is 0. The minimum atomic E-state index is 0.259. The van der Waals surface area contributed by atoms with Gasteiger partial charge in [-0.15, -0.1) is 0 Å². The zero-order chi connectivity index (χ0) is 19.0. The Morgan fingerprint density at radius 2 is 1.79 bits per heavy atom. The van der Waals surface area contributed by atoms with Crippen molar-refractivity contribution in [1.82, 2.24) is 9.61 Å². The zero-order valence-electron chi connectivity index (χ0n) is 16.1. The molecule has 5 heterocycles. The number of hydrogen-bond donors (Lipinski definition) is 0. The van der Waals surface area contributed by atoms with Gasteiger partial charge in [0.25, 0.3) is 0 Å². The fourth-order valence-electron chi connectivity index (χ4n) is 4.95. The van der Waals surface area contributed by atoms with Gasteiger partial charge in [0.15, 0.2) is 0 Å². The molecule has 1 amide bonds. The average molecular weight is 372 g/mol. The van der Waals surface area contributed by atoms with E-state index in [4.69, 9.17) is 5.10 Å². The molecule has 1 aromatic carbocycles. The molecule has 0 N–H and O–H groups in total. The summed E-state index contributed by atoms with van der Waals surface area (Å²) in [4.78, 5) is 13.3. The molecule has 0 aliphatic carbocycles. The van der Waals surface area contributed by atoms with Crippen molar-refractivity contribution in [3.8, 4) is 11.3 Å². The second-order valence-electron chi connectivity index (χ2n) is 8.23. The van der Waals surface area contributed by atoms with E-state index in [1.807, 2.05) is 53.2 Å². The Kier molecular flexibility index (Phi) is 4.36. The van der Waals surface area contributed by atoms with Crippen molar-refractivity contribution in [2.75, 3.05) is 19.6 Å². The van der Waals surface area contributed by atoms with Crippen LogP contribution in [0.4, 0.5) is 0 Å². The lowest BCUT2D eigenvalue weighted by molar-refractivity contribution is -0.855. The SMILES string of the molecule is O=C(C=Cc1c(-c2ccccc2)nn2ccccc12)[N+]12CCCC(CC1)CC2. The number of rotatable bonds is 3.